The molecule has 0 aliphatic carbocycles. The van der Waals surface area contributed by atoms with Crippen molar-refractivity contribution in [2.45, 2.75) is 11.6 Å². The second-order valence-electron chi connectivity index (χ2n) is 4.98. The summed E-state index contributed by atoms with van der Waals surface area (Å²) >= 11 is 9.03. The van der Waals surface area contributed by atoms with Crippen LogP contribution in [0.2, 0.25) is 5.02 Å². The number of carbonyl (C=O) groups excluding carboxylic acids is 1. The maximum Gasteiger partial charge on any atom is 0.230 e. The van der Waals surface area contributed by atoms with Gasteiger partial charge in [0.05, 0.1) is 11.4 Å². The molecule has 8 heteroatoms. The zero-order valence-electron chi connectivity index (χ0n) is 12.7. The molecule has 0 aliphatic heterocycles. The number of aromatic nitrogens is 3. The van der Waals surface area contributed by atoms with E-state index in [2.05, 4.69) is 27.0 Å². The summed E-state index contributed by atoms with van der Waals surface area (Å²) in [6.45, 7) is 0.636. The molecule has 0 spiro atoms. The van der Waals surface area contributed by atoms with Crippen molar-refractivity contribution in [3.63, 3.8) is 0 Å². The van der Waals surface area contributed by atoms with E-state index < -0.39 is 0 Å². The molecule has 0 atom stereocenters. The fraction of sp³-hybridized carbons (Fsp3) is 0.188. The lowest BCUT2D eigenvalue weighted by molar-refractivity contribution is -0.118. The lowest BCUT2D eigenvalue weighted by Gasteiger charge is -2.07. The molecule has 124 valence electrons. The van der Waals surface area contributed by atoms with Gasteiger partial charge in [0.25, 0.3) is 0 Å². The number of hydrogen-bond donors (Lipinski definition) is 1. The Morgan fingerprint density at radius 2 is 2.29 bits per heavy atom. The van der Waals surface area contributed by atoms with Crippen LogP contribution < -0.4 is 5.32 Å². The van der Waals surface area contributed by atoms with E-state index in [1.807, 2.05) is 34.2 Å². The summed E-state index contributed by atoms with van der Waals surface area (Å²) in [5, 5.41) is 16.3. The highest BCUT2D eigenvalue weighted by atomic mass is 35.5. The Balaban J connectivity index is 1.52. The first-order chi connectivity index (χ1) is 11.7. The molecule has 0 fully saturated rings. The fourth-order valence-corrected chi connectivity index (χ4v) is 3.73. The van der Waals surface area contributed by atoms with Crippen LogP contribution >= 0.6 is 34.7 Å². The Kier molecular flexibility index (Phi) is 5.90. The minimum atomic E-state index is -0.0177. The van der Waals surface area contributed by atoms with E-state index in [-0.39, 0.29) is 5.91 Å². The van der Waals surface area contributed by atoms with Crippen molar-refractivity contribution in [3.8, 4) is 5.69 Å². The molecular formula is C16H15ClN4OS2. The normalized spacial score (nSPS) is 10.7. The minimum Gasteiger partial charge on any atom is -0.355 e. The van der Waals surface area contributed by atoms with Crippen molar-refractivity contribution in [1.82, 2.24) is 20.1 Å². The Hall–Kier alpha value is -1.83. The van der Waals surface area contributed by atoms with Crippen molar-refractivity contribution in [3.05, 3.63) is 58.0 Å². The summed E-state index contributed by atoms with van der Waals surface area (Å²) in [5.41, 5.74) is 2.11. The van der Waals surface area contributed by atoms with Crippen molar-refractivity contribution in [1.29, 1.82) is 0 Å². The highest BCUT2D eigenvalue weighted by Crippen LogP contribution is 2.21. The third-order valence-electron chi connectivity index (χ3n) is 3.25. The van der Waals surface area contributed by atoms with Crippen molar-refractivity contribution < 1.29 is 4.79 Å². The van der Waals surface area contributed by atoms with Crippen LogP contribution in [0, 0.1) is 0 Å². The summed E-state index contributed by atoms with van der Waals surface area (Å²) < 4.78 is 1.81. The van der Waals surface area contributed by atoms with E-state index >= 15 is 0 Å². The maximum absolute atomic E-state index is 12.0. The molecule has 2 heterocycles. The van der Waals surface area contributed by atoms with E-state index in [0.29, 0.717) is 22.5 Å². The summed E-state index contributed by atoms with van der Waals surface area (Å²) in [6.07, 6.45) is 2.46. The molecule has 24 heavy (non-hydrogen) atoms. The number of thiophene rings is 1. The highest BCUT2D eigenvalue weighted by molar-refractivity contribution is 7.99. The summed E-state index contributed by atoms with van der Waals surface area (Å²) in [7, 11) is 0. The molecule has 0 radical (unpaired) electrons. The van der Waals surface area contributed by atoms with Gasteiger partial charge in [-0.2, -0.15) is 11.3 Å². The monoisotopic (exact) mass is 378 g/mol. The Labute approximate surface area is 153 Å². The summed E-state index contributed by atoms with van der Waals surface area (Å²) in [6, 6.07) is 9.49. The number of amides is 1. The van der Waals surface area contributed by atoms with Gasteiger partial charge >= 0.3 is 0 Å². The van der Waals surface area contributed by atoms with Crippen LogP contribution in [0.3, 0.4) is 0 Å². The van der Waals surface area contributed by atoms with Gasteiger partial charge in [-0.3, -0.25) is 9.36 Å². The zero-order chi connectivity index (χ0) is 16.8. The first-order valence-electron chi connectivity index (χ1n) is 7.29. The predicted octanol–water partition coefficient (Wildman–Crippen LogP) is 3.43. The number of hydrogen-bond acceptors (Lipinski definition) is 5. The van der Waals surface area contributed by atoms with Gasteiger partial charge in [-0.1, -0.05) is 29.4 Å². The number of nitrogens with one attached hydrogen (secondary N) is 1. The first-order valence-corrected chi connectivity index (χ1v) is 9.59. The third kappa shape index (κ3) is 4.59. The fourth-order valence-electron chi connectivity index (χ4n) is 2.09. The molecule has 1 aromatic carbocycles. The summed E-state index contributed by atoms with van der Waals surface area (Å²) in [4.78, 5) is 12.0. The molecule has 0 unspecified atom stereocenters. The molecule has 5 nitrogen and oxygen atoms in total. The standard InChI is InChI=1S/C16H15ClN4OS2/c17-13-2-1-3-14(8-13)21-11-19-20-16(21)24-10-15(22)18-6-4-12-5-7-23-9-12/h1-3,5,7-9,11H,4,6,10H2,(H,18,22). The van der Waals surface area contributed by atoms with Gasteiger partial charge in [0.1, 0.15) is 6.33 Å². The maximum atomic E-state index is 12.0. The van der Waals surface area contributed by atoms with Crippen LogP contribution in [0.5, 0.6) is 0 Å². The van der Waals surface area contributed by atoms with Gasteiger partial charge in [0.15, 0.2) is 5.16 Å². The minimum absolute atomic E-state index is 0.0177. The average molecular weight is 379 g/mol. The van der Waals surface area contributed by atoms with Gasteiger partial charge in [-0.25, -0.2) is 0 Å². The van der Waals surface area contributed by atoms with Gasteiger partial charge in [0, 0.05) is 11.6 Å². The van der Waals surface area contributed by atoms with Gasteiger partial charge in [-0.05, 0) is 47.0 Å². The predicted molar refractivity (Wildman–Crippen MR) is 98.1 cm³/mol. The van der Waals surface area contributed by atoms with E-state index in [9.17, 15) is 4.79 Å². The lowest BCUT2D eigenvalue weighted by atomic mass is 10.2. The topological polar surface area (TPSA) is 59.8 Å². The molecule has 1 amide bonds. The summed E-state index contributed by atoms with van der Waals surface area (Å²) in [5.74, 6) is 0.277. The largest absolute Gasteiger partial charge is 0.355 e. The smallest absolute Gasteiger partial charge is 0.230 e. The molecule has 0 aliphatic rings. The van der Waals surface area contributed by atoms with Crippen molar-refractivity contribution in [2.75, 3.05) is 12.3 Å². The van der Waals surface area contributed by atoms with Gasteiger partial charge in [0.2, 0.25) is 5.91 Å². The molecule has 0 saturated heterocycles. The van der Waals surface area contributed by atoms with Crippen LogP contribution in [-0.4, -0.2) is 33.0 Å². The second kappa shape index (κ2) is 8.32. The van der Waals surface area contributed by atoms with Crippen LogP contribution in [0.15, 0.2) is 52.6 Å². The van der Waals surface area contributed by atoms with Crippen molar-refractivity contribution in [2.24, 2.45) is 0 Å². The number of nitrogens with zero attached hydrogens (tertiary/aromatic N) is 3. The first kappa shape index (κ1) is 17.0. The van der Waals surface area contributed by atoms with E-state index in [4.69, 9.17) is 11.6 Å². The molecule has 1 N–H and O–H groups in total. The average Bonchev–Trinajstić information content (AvgIpc) is 3.24. The number of carbonyl (C=O) groups is 1. The molecule has 0 bridgehead atoms. The number of benzene rings is 1. The van der Waals surface area contributed by atoms with Crippen LogP contribution in [0.25, 0.3) is 5.69 Å². The third-order valence-corrected chi connectivity index (χ3v) is 5.16. The SMILES string of the molecule is O=C(CSc1nncn1-c1cccc(Cl)c1)NCCc1ccsc1. The molecule has 2 aromatic heterocycles. The molecular weight excluding hydrogens is 364 g/mol. The lowest BCUT2D eigenvalue weighted by Crippen LogP contribution is -2.27. The van der Waals surface area contributed by atoms with Crippen molar-refractivity contribution >= 4 is 40.6 Å². The molecule has 0 saturated carbocycles. The van der Waals surface area contributed by atoms with E-state index in [1.165, 1.54) is 17.3 Å². The molecule has 3 rings (SSSR count). The van der Waals surface area contributed by atoms with Gasteiger partial charge < -0.3 is 5.32 Å². The van der Waals surface area contributed by atoms with Crippen LogP contribution in [-0.2, 0) is 11.2 Å². The van der Waals surface area contributed by atoms with E-state index in [0.717, 1.165) is 12.1 Å². The number of thioether (sulfide) groups is 1. The molecule has 3 aromatic rings. The van der Waals surface area contributed by atoms with Crippen LogP contribution in [0.1, 0.15) is 5.56 Å². The Morgan fingerprint density at radius 1 is 1.38 bits per heavy atom. The van der Waals surface area contributed by atoms with Gasteiger partial charge in [-0.15, -0.1) is 10.2 Å². The Morgan fingerprint density at radius 3 is 3.08 bits per heavy atom. The zero-order valence-corrected chi connectivity index (χ0v) is 15.1. The highest BCUT2D eigenvalue weighted by Gasteiger charge is 2.10. The Bertz CT molecular complexity index is 804. The second-order valence-corrected chi connectivity index (χ2v) is 7.14. The quantitative estimate of drug-likeness (QED) is 0.640. The van der Waals surface area contributed by atoms with Crippen LogP contribution in [0.4, 0.5) is 0 Å². The number of rotatable bonds is 7. The van der Waals surface area contributed by atoms with E-state index in [1.54, 1.807) is 17.7 Å². The number of halogens is 1.